The van der Waals surface area contributed by atoms with Gasteiger partial charge in [0.2, 0.25) is 0 Å². The molecular weight excluding hydrogens is 88.1 g/mol. The summed E-state index contributed by atoms with van der Waals surface area (Å²) in [5.41, 5.74) is 0.924. The quantitative estimate of drug-likeness (QED) is 0.518. The highest BCUT2D eigenvalue weighted by molar-refractivity contribution is 5.23. The van der Waals surface area contributed by atoms with Crippen molar-refractivity contribution in [3.8, 4) is 0 Å². The predicted octanol–water partition coefficient (Wildman–Crippen LogP) is 0.768. The third-order valence-electron chi connectivity index (χ3n) is 0.493. The minimum absolute atomic E-state index is 0.565. The summed E-state index contributed by atoms with van der Waals surface area (Å²) in [6, 6.07) is 0. The largest absolute Gasteiger partial charge is 0.370 e. The Bertz CT molecular complexity index is 76.1. The number of rotatable bonds is 3. The van der Waals surface area contributed by atoms with Gasteiger partial charge < -0.3 is 5.32 Å². The lowest BCUT2D eigenvalue weighted by Gasteiger charge is -1.96. The molecular formula is C5H10N2. The van der Waals surface area contributed by atoms with Gasteiger partial charge >= 0.3 is 0 Å². The molecule has 0 spiro atoms. The Labute approximate surface area is 44.0 Å². The molecule has 0 amide bonds. The maximum atomic E-state index is 3.59. The first-order valence-corrected chi connectivity index (χ1v) is 2.09. The number of allylic oxidation sites excluding steroid dienone is 1. The zero-order chi connectivity index (χ0) is 5.70. The van der Waals surface area contributed by atoms with E-state index in [1.54, 1.807) is 0 Å². The Hall–Kier alpha value is -0.790. The van der Waals surface area contributed by atoms with Gasteiger partial charge in [-0.25, -0.2) is 0 Å². The smallest absolute Gasteiger partial charge is 0.106 e. The highest BCUT2D eigenvalue weighted by Crippen LogP contribution is 1.74. The van der Waals surface area contributed by atoms with Crippen molar-refractivity contribution in [3.63, 3.8) is 0 Å². The molecule has 0 aromatic heterocycles. The molecule has 2 nitrogen and oxygen atoms in total. The molecule has 0 saturated heterocycles. The second-order valence-corrected chi connectivity index (χ2v) is 1.34. The summed E-state index contributed by atoms with van der Waals surface area (Å²) in [6.07, 6.45) is 0. The monoisotopic (exact) mass is 98.1 g/mol. The van der Waals surface area contributed by atoms with Crippen molar-refractivity contribution in [3.05, 3.63) is 12.3 Å². The van der Waals surface area contributed by atoms with Crippen molar-refractivity contribution >= 4 is 6.72 Å². The molecule has 40 valence electrons. The Morgan fingerprint density at radius 1 is 1.86 bits per heavy atom. The lowest BCUT2D eigenvalue weighted by atomic mass is 10.6. The Morgan fingerprint density at radius 2 is 2.43 bits per heavy atom. The molecule has 0 fully saturated rings. The SMILES string of the molecule is C=NCNC(=C)C. The number of hydrogen-bond donors (Lipinski definition) is 1. The fourth-order valence-corrected chi connectivity index (χ4v) is 0.191. The van der Waals surface area contributed by atoms with Crippen molar-refractivity contribution in [2.75, 3.05) is 6.67 Å². The highest BCUT2D eigenvalue weighted by atomic mass is 15.0. The van der Waals surface area contributed by atoms with Crippen LogP contribution in [0.3, 0.4) is 0 Å². The van der Waals surface area contributed by atoms with Gasteiger partial charge in [0, 0.05) is 5.70 Å². The molecule has 0 saturated carbocycles. The molecule has 0 heterocycles. The van der Waals surface area contributed by atoms with Crippen LogP contribution in [0.5, 0.6) is 0 Å². The molecule has 0 aromatic carbocycles. The molecule has 0 aliphatic carbocycles. The van der Waals surface area contributed by atoms with E-state index in [4.69, 9.17) is 0 Å². The van der Waals surface area contributed by atoms with E-state index in [1.165, 1.54) is 0 Å². The van der Waals surface area contributed by atoms with Crippen LogP contribution in [-0.4, -0.2) is 13.4 Å². The standard InChI is InChI=1S/C5H10N2/c1-5(2)7-4-6-3/h7H,1,3-4H2,2H3. The Kier molecular flexibility index (Phi) is 3.02. The summed E-state index contributed by atoms with van der Waals surface area (Å²) in [4.78, 5) is 3.55. The molecule has 0 unspecified atom stereocenters. The number of nitrogens with zero attached hydrogens (tertiary/aromatic N) is 1. The summed E-state index contributed by atoms with van der Waals surface area (Å²) < 4.78 is 0. The van der Waals surface area contributed by atoms with Crippen LogP contribution >= 0.6 is 0 Å². The van der Waals surface area contributed by atoms with E-state index >= 15 is 0 Å². The van der Waals surface area contributed by atoms with Crippen LogP contribution in [0.4, 0.5) is 0 Å². The fourth-order valence-electron chi connectivity index (χ4n) is 0.191. The second kappa shape index (κ2) is 3.40. The van der Waals surface area contributed by atoms with Gasteiger partial charge in [-0.15, -0.1) is 0 Å². The number of hydrogen-bond acceptors (Lipinski definition) is 2. The van der Waals surface area contributed by atoms with E-state index in [2.05, 4.69) is 23.6 Å². The van der Waals surface area contributed by atoms with E-state index in [9.17, 15) is 0 Å². The summed E-state index contributed by atoms with van der Waals surface area (Å²) >= 11 is 0. The van der Waals surface area contributed by atoms with Gasteiger partial charge in [0.15, 0.2) is 0 Å². The van der Waals surface area contributed by atoms with Crippen molar-refractivity contribution < 1.29 is 0 Å². The van der Waals surface area contributed by atoms with Crippen LogP contribution in [0.1, 0.15) is 6.92 Å². The van der Waals surface area contributed by atoms with Crippen molar-refractivity contribution in [2.45, 2.75) is 6.92 Å². The van der Waals surface area contributed by atoms with Crippen molar-refractivity contribution in [1.82, 2.24) is 5.32 Å². The predicted molar refractivity (Wildman–Crippen MR) is 32.4 cm³/mol. The molecule has 0 bridgehead atoms. The second-order valence-electron chi connectivity index (χ2n) is 1.34. The summed E-state index contributed by atoms with van der Waals surface area (Å²) in [6.45, 7) is 9.32. The van der Waals surface area contributed by atoms with Crippen LogP contribution in [0.25, 0.3) is 0 Å². The van der Waals surface area contributed by atoms with Gasteiger partial charge in [0.05, 0.1) is 0 Å². The lowest BCUT2D eigenvalue weighted by Crippen LogP contribution is -2.08. The third kappa shape index (κ3) is 5.21. The molecule has 0 radical (unpaired) electrons. The van der Waals surface area contributed by atoms with Crippen molar-refractivity contribution in [2.24, 2.45) is 4.99 Å². The molecule has 0 atom stereocenters. The zero-order valence-electron chi connectivity index (χ0n) is 4.57. The van der Waals surface area contributed by atoms with Gasteiger partial charge in [-0.1, -0.05) is 6.58 Å². The number of aliphatic imine (C=N–C) groups is 1. The third-order valence-corrected chi connectivity index (χ3v) is 0.493. The van der Waals surface area contributed by atoms with Crippen LogP contribution < -0.4 is 5.32 Å². The van der Waals surface area contributed by atoms with Gasteiger partial charge in [0.25, 0.3) is 0 Å². The average molecular weight is 98.1 g/mol. The first-order chi connectivity index (χ1) is 3.27. The van der Waals surface area contributed by atoms with E-state index in [0.29, 0.717) is 6.67 Å². The van der Waals surface area contributed by atoms with Gasteiger partial charge in [-0.05, 0) is 13.6 Å². The fraction of sp³-hybridized carbons (Fsp3) is 0.400. The van der Waals surface area contributed by atoms with E-state index < -0.39 is 0 Å². The molecule has 2 heteroatoms. The van der Waals surface area contributed by atoms with E-state index in [-0.39, 0.29) is 0 Å². The summed E-state index contributed by atoms with van der Waals surface area (Å²) in [5.74, 6) is 0. The van der Waals surface area contributed by atoms with Gasteiger partial charge in [0.1, 0.15) is 6.67 Å². The maximum absolute atomic E-state index is 3.59. The Balaban J connectivity index is 2.97. The van der Waals surface area contributed by atoms with Crippen molar-refractivity contribution in [1.29, 1.82) is 0 Å². The molecule has 0 rings (SSSR count). The molecule has 0 aliphatic heterocycles. The Morgan fingerprint density at radius 3 is 2.57 bits per heavy atom. The zero-order valence-corrected chi connectivity index (χ0v) is 4.57. The van der Waals surface area contributed by atoms with Crippen LogP contribution in [0, 0.1) is 0 Å². The molecule has 0 aliphatic rings. The van der Waals surface area contributed by atoms with E-state index in [0.717, 1.165) is 5.70 Å². The maximum Gasteiger partial charge on any atom is 0.106 e. The number of nitrogens with one attached hydrogen (secondary N) is 1. The highest BCUT2D eigenvalue weighted by Gasteiger charge is 1.73. The first kappa shape index (κ1) is 6.21. The van der Waals surface area contributed by atoms with E-state index in [1.807, 2.05) is 6.92 Å². The molecule has 0 aromatic rings. The first-order valence-electron chi connectivity index (χ1n) is 2.09. The summed E-state index contributed by atoms with van der Waals surface area (Å²) in [5, 5.41) is 2.87. The normalized spacial score (nSPS) is 7.57. The molecule has 7 heavy (non-hydrogen) atoms. The minimum atomic E-state index is 0.565. The lowest BCUT2D eigenvalue weighted by molar-refractivity contribution is 0.837. The molecule has 1 N–H and O–H groups in total. The van der Waals surface area contributed by atoms with Gasteiger partial charge in [-0.2, -0.15) is 0 Å². The van der Waals surface area contributed by atoms with Crippen LogP contribution in [0.15, 0.2) is 17.3 Å². The van der Waals surface area contributed by atoms with Crippen LogP contribution in [-0.2, 0) is 0 Å². The minimum Gasteiger partial charge on any atom is -0.370 e. The topological polar surface area (TPSA) is 24.4 Å². The average Bonchev–Trinajstić information content (AvgIpc) is 1.61. The van der Waals surface area contributed by atoms with Gasteiger partial charge in [-0.3, -0.25) is 4.99 Å². The summed E-state index contributed by atoms with van der Waals surface area (Å²) in [7, 11) is 0. The van der Waals surface area contributed by atoms with Crippen LogP contribution in [0.2, 0.25) is 0 Å².